The lowest BCUT2D eigenvalue weighted by atomic mass is 10.2. The zero-order valence-electron chi connectivity index (χ0n) is 7.80. The molecular formula is C10H12N4. The summed E-state index contributed by atoms with van der Waals surface area (Å²) in [6.45, 7) is 0.848. The minimum Gasteiger partial charge on any atom is -0.382 e. The van der Waals surface area contributed by atoms with Crippen molar-refractivity contribution < 1.29 is 0 Å². The molecule has 2 heterocycles. The molecule has 2 aromatic heterocycles. The fourth-order valence-electron chi connectivity index (χ4n) is 1.30. The minimum atomic E-state index is 0.569. The van der Waals surface area contributed by atoms with Crippen LogP contribution < -0.4 is 5.73 Å². The minimum absolute atomic E-state index is 0.569. The largest absolute Gasteiger partial charge is 0.382 e. The van der Waals surface area contributed by atoms with Gasteiger partial charge in [-0.3, -0.25) is 9.67 Å². The smallest absolute Gasteiger partial charge is 0.145 e. The summed E-state index contributed by atoms with van der Waals surface area (Å²) in [5.41, 5.74) is 6.76. The van der Waals surface area contributed by atoms with E-state index < -0.39 is 0 Å². The summed E-state index contributed by atoms with van der Waals surface area (Å²) in [5, 5.41) is 4.10. The van der Waals surface area contributed by atoms with E-state index in [1.165, 1.54) is 5.56 Å². The SMILES string of the molecule is Nc1ccn(CCc2ccncc2)n1. The van der Waals surface area contributed by atoms with E-state index in [-0.39, 0.29) is 0 Å². The highest BCUT2D eigenvalue weighted by Gasteiger charge is 1.95. The van der Waals surface area contributed by atoms with Gasteiger partial charge in [-0.15, -0.1) is 0 Å². The first-order chi connectivity index (χ1) is 6.84. The fourth-order valence-corrected chi connectivity index (χ4v) is 1.30. The van der Waals surface area contributed by atoms with Crippen molar-refractivity contribution in [3.05, 3.63) is 42.4 Å². The van der Waals surface area contributed by atoms with Crippen LogP contribution in [0.1, 0.15) is 5.56 Å². The second-order valence-corrected chi connectivity index (χ2v) is 3.11. The maximum Gasteiger partial charge on any atom is 0.145 e. The van der Waals surface area contributed by atoms with E-state index in [4.69, 9.17) is 5.73 Å². The van der Waals surface area contributed by atoms with Crippen molar-refractivity contribution in [3.63, 3.8) is 0 Å². The van der Waals surface area contributed by atoms with Crippen molar-refractivity contribution in [2.75, 3.05) is 5.73 Å². The number of hydrogen-bond acceptors (Lipinski definition) is 3. The van der Waals surface area contributed by atoms with Gasteiger partial charge in [0.15, 0.2) is 0 Å². The molecule has 0 saturated carbocycles. The molecule has 2 aromatic rings. The third-order valence-electron chi connectivity index (χ3n) is 2.04. The molecule has 0 aromatic carbocycles. The van der Waals surface area contributed by atoms with Gasteiger partial charge in [0.1, 0.15) is 5.82 Å². The predicted octanol–water partition coefficient (Wildman–Crippen LogP) is 1.10. The van der Waals surface area contributed by atoms with Crippen LogP contribution in [-0.4, -0.2) is 14.8 Å². The van der Waals surface area contributed by atoms with Crippen LogP contribution in [0.5, 0.6) is 0 Å². The Kier molecular flexibility index (Phi) is 2.44. The summed E-state index contributed by atoms with van der Waals surface area (Å²) in [5.74, 6) is 0.569. The molecular weight excluding hydrogens is 176 g/mol. The van der Waals surface area contributed by atoms with E-state index in [1.54, 1.807) is 18.5 Å². The monoisotopic (exact) mass is 188 g/mol. The van der Waals surface area contributed by atoms with E-state index in [9.17, 15) is 0 Å². The average Bonchev–Trinajstić information content (AvgIpc) is 2.63. The summed E-state index contributed by atoms with van der Waals surface area (Å²) in [6.07, 6.45) is 6.43. The lowest BCUT2D eigenvalue weighted by Crippen LogP contribution is -2.02. The Hall–Kier alpha value is -1.84. The molecule has 0 spiro atoms. The number of nitrogens with two attached hydrogens (primary N) is 1. The Morgan fingerprint density at radius 3 is 2.64 bits per heavy atom. The van der Waals surface area contributed by atoms with Crippen molar-refractivity contribution in [2.24, 2.45) is 0 Å². The van der Waals surface area contributed by atoms with Gasteiger partial charge in [0.25, 0.3) is 0 Å². The second-order valence-electron chi connectivity index (χ2n) is 3.11. The van der Waals surface area contributed by atoms with Crippen molar-refractivity contribution in [1.29, 1.82) is 0 Å². The summed E-state index contributed by atoms with van der Waals surface area (Å²) < 4.78 is 1.84. The van der Waals surface area contributed by atoms with Crippen LogP contribution in [0.2, 0.25) is 0 Å². The van der Waals surface area contributed by atoms with Crippen LogP contribution in [0.25, 0.3) is 0 Å². The molecule has 0 fully saturated rings. The first-order valence-electron chi connectivity index (χ1n) is 4.52. The number of nitrogen functional groups attached to an aromatic ring is 1. The Bertz CT molecular complexity index is 394. The summed E-state index contributed by atoms with van der Waals surface area (Å²) in [4.78, 5) is 3.96. The van der Waals surface area contributed by atoms with Gasteiger partial charge >= 0.3 is 0 Å². The van der Waals surface area contributed by atoms with E-state index in [0.29, 0.717) is 5.82 Å². The fraction of sp³-hybridized carbons (Fsp3) is 0.200. The van der Waals surface area contributed by atoms with E-state index in [0.717, 1.165) is 13.0 Å². The van der Waals surface area contributed by atoms with Gasteiger partial charge in [-0.1, -0.05) is 0 Å². The van der Waals surface area contributed by atoms with Crippen LogP contribution in [0.15, 0.2) is 36.8 Å². The van der Waals surface area contributed by atoms with E-state index in [1.807, 2.05) is 23.0 Å². The van der Waals surface area contributed by atoms with Gasteiger partial charge in [0.2, 0.25) is 0 Å². The molecule has 2 N–H and O–H groups in total. The summed E-state index contributed by atoms with van der Waals surface area (Å²) in [6, 6.07) is 5.81. The standard InChI is InChI=1S/C10H12N4/c11-10-4-8-14(13-10)7-3-9-1-5-12-6-2-9/h1-2,4-6,8H,3,7H2,(H2,11,13). The van der Waals surface area contributed by atoms with Gasteiger partial charge in [-0.25, -0.2) is 0 Å². The lowest BCUT2D eigenvalue weighted by Gasteiger charge is -2.00. The molecule has 0 atom stereocenters. The van der Waals surface area contributed by atoms with Crippen LogP contribution in [-0.2, 0) is 13.0 Å². The van der Waals surface area contributed by atoms with Crippen LogP contribution in [0, 0.1) is 0 Å². The van der Waals surface area contributed by atoms with E-state index in [2.05, 4.69) is 10.1 Å². The van der Waals surface area contributed by atoms with Gasteiger partial charge in [-0.2, -0.15) is 5.10 Å². The van der Waals surface area contributed by atoms with Crippen molar-refractivity contribution >= 4 is 5.82 Å². The number of aryl methyl sites for hydroxylation is 2. The molecule has 0 bridgehead atoms. The van der Waals surface area contributed by atoms with Crippen molar-refractivity contribution in [2.45, 2.75) is 13.0 Å². The van der Waals surface area contributed by atoms with Crippen LogP contribution >= 0.6 is 0 Å². The molecule has 0 saturated heterocycles. The third kappa shape index (κ3) is 2.10. The number of nitrogens with zero attached hydrogens (tertiary/aromatic N) is 3. The molecule has 0 aliphatic heterocycles. The van der Waals surface area contributed by atoms with Crippen molar-refractivity contribution in [3.8, 4) is 0 Å². The zero-order valence-corrected chi connectivity index (χ0v) is 7.80. The lowest BCUT2D eigenvalue weighted by molar-refractivity contribution is 0.617. The zero-order chi connectivity index (χ0) is 9.80. The molecule has 2 rings (SSSR count). The molecule has 14 heavy (non-hydrogen) atoms. The molecule has 0 radical (unpaired) electrons. The van der Waals surface area contributed by atoms with E-state index >= 15 is 0 Å². The molecule has 0 unspecified atom stereocenters. The third-order valence-corrected chi connectivity index (χ3v) is 2.04. The molecule has 4 heteroatoms. The summed E-state index contributed by atoms with van der Waals surface area (Å²) >= 11 is 0. The number of aromatic nitrogens is 3. The highest BCUT2D eigenvalue weighted by Crippen LogP contribution is 2.01. The highest BCUT2D eigenvalue weighted by molar-refractivity contribution is 5.23. The van der Waals surface area contributed by atoms with Gasteiger partial charge in [0.05, 0.1) is 0 Å². The molecule has 0 amide bonds. The molecule has 0 aliphatic carbocycles. The van der Waals surface area contributed by atoms with Crippen molar-refractivity contribution in [1.82, 2.24) is 14.8 Å². The van der Waals surface area contributed by atoms with Crippen LogP contribution in [0.3, 0.4) is 0 Å². The Labute approximate surface area is 82.4 Å². The Balaban J connectivity index is 1.95. The molecule has 0 aliphatic rings. The summed E-state index contributed by atoms with van der Waals surface area (Å²) in [7, 11) is 0. The number of anilines is 1. The topological polar surface area (TPSA) is 56.7 Å². The first-order valence-corrected chi connectivity index (χ1v) is 4.52. The molecule has 72 valence electrons. The van der Waals surface area contributed by atoms with Gasteiger partial charge in [0, 0.05) is 25.1 Å². The molecule has 4 nitrogen and oxygen atoms in total. The first kappa shape index (κ1) is 8.74. The normalized spacial score (nSPS) is 10.3. The van der Waals surface area contributed by atoms with Crippen LogP contribution in [0.4, 0.5) is 5.82 Å². The predicted molar refractivity (Wildman–Crippen MR) is 54.6 cm³/mol. The number of rotatable bonds is 3. The van der Waals surface area contributed by atoms with Gasteiger partial charge in [-0.05, 0) is 30.2 Å². The maximum absolute atomic E-state index is 5.51. The highest BCUT2D eigenvalue weighted by atomic mass is 15.3. The Morgan fingerprint density at radius 2 is 2.00 bits per heavy atom. The van der Waals surface area contributed by atoms with Gasteiger partial charge < -0.3 is 5.73 Å². The maximum atomic E-state index is 5.51. The average molecular weight is 188 g/mol. The Morgan fingerprint density at radius 1 is 1.21 bits per heavy atom. The number of pyridine rings is 1. The number of hydrogen-bond donors (Lipinski definition) is 1. The quantitative estimate of drug-likeness (QED) is 0.784. The second kappa shape index (κ2) is 3.91.